The van der Waals surface area contributed by atoms with Crippen LogP contribution in [0.25, 0.3) is 0 Å². The number of piperidine rings is 1. The van der Waals surface area contributed by atoms with Crippen LogP contribution in [0, 0.1) is 11.8 Å². The van der Waals surface area contributed by atoms with Gasteiger partial charge < -0.3 is 10.2 Å². The standard InChI is InChI=1S/C14H28N2/c1-4-5-8-16-9-6-7-14(12-16)11-15-10-13(2)3/h4,13-15H,1,5-12H2,2-3H3. The highest BCUT2D eigenvalue weighted by molar-refractivity contribution is 4.77. The average molecular weight is 224 g/mol. The van der Waals surface area contributed by atoms with Crippen molar-refractivity contribution in [2.45, 2.75) is 33.1 Å². The summed E-state index contributed by atoms with van der Waals surface area (Å²) in [5, 5.41) is 3.58. The smallest absolute Gasteiger partial charge is 0.00219 e. The molecule has 0 bridgehead atoms. The van der Waals surface area contributed by atoms with Gasteiger partial charge in [-0.1, -0.05) is 19.9 Å². The lowest BCUT2D eigenvalue weighted by atomic mass is 9.97. The Kier molecular flexibility index (Phi) is 6.74. The van der Waals surface area contributed by atoms with Crippen molar-refractivity contribution in [3.8, 4) is 0 Å². The van der Waals surface area contributed by atoms with Crippen LogP contribution in [0.1, 0.15) is 33.1 Å². The molecule has 1 unspecified atom stereocenters. The molecule has 1 atom stereocenters. The van der Waals surface area contributed by atoms with Gasteiger partial charge in [0, 0.05) is 13.1 Å². The van der Waals surface area contributed by atoms with Gasteiger partial charge >= 0.3 is 0 Å². The van der Waals surface area contributed by atoms with Crippen LogP contribution in [0.15, 0.2) is 12.7 Å². The number of hydrogen-bond acceptors (Lipinski definition) is 2. The minimum atomic E-state index is 0.764. The Labute approximate surface area is 101 Å². The summed E-state index contributed by atoms with van der Waals surface area (Å²) in [6, 6.07) is 0. The van der Waals surface area contributed by atoms with Gasteiger partial charge in [-0.25, -0.2) is 0 Å². The Balaban J connectivity index is 2.14. The Hall–Kier alpha value is -0.340. The van der Waals surface area contributed by atoms with E-state index >= 15 is 0 Å². The van der Waals surface area contributed by atoms with Crippen molar-refractivity contribution < 1.29 is 0 Å². The van der Waals surface area contributed by atoms with Crippen LogP contribution in [0.3, 0.4) is 0 Å². The maximum absolute atomic E-state index is 3.79. The van der Waals surface area contributed by atoms with E-state index in [4.69, 9.17) is 0 Å². The fraction of sp³-hybridized carbons (Fsp3) is 0.857. The van der Waals surface area contributed by atoms with E-state index in [1.807, 2.05) is 6.08 Å². The third-order valence-corrected chi connectivity index (χ3v) is 3.24. The molecule has 1 heterocycles. The van der Waals surface area contributed by atoms with Gasteiger partial charge in [-0.05, 0) is 50.7 Å². The van der Waals surface area contributed by atoms with Crippen LogP contribution in [-0.2, 0) is 0 Å². The molecule has 1 fully saturated rings. The summed E-state index contributed by atoms with van der Waals surface area (Å²) in [6.07, 6.45) is 5.92. The van der Waals surface area contributed by atoms with Crippen molar-refractivity contribution in [2.75, 3.05) is 32.7 Å². The molecule has 1 saturated heterocycles. The molecule has 0 spiro atoms. The molecule has 0 aromatic carbocycles. The van der Waals surface area contributed by atoms with Gasteiger partial charge in [0.25, 0.3) is 0 Å². The predicted molar refractivity (Wildman–Crippen MR) is 71.7 cm³/mol. The maximum Gasteiger partial charge on any atom is 0.00219 e. The van der Waals surface area contributed by atoms with Gasteiger partial charge in [0.1, 0.15) is 0 Å². The molecule has 2 nitrogen and oxygen atoms in total. The average Bonchev–Trinajstić information content (AvgIpc) is 2.26. The molecule has 94 valence electrons. The zero-order valence-electron chi connectivity index (χ0n) is 11.0. The normalized spacial score (nSPS) is 22.6. The molecule has 0 saturated carbocycles. The molecular weight excluding hydrogens is 196 g/mol. The van der Waals surface area contributed by atoms with Crippen LogP contribution in [0.2, 0.25) is 0 Å². The van der Waals surface area contributed by atoms with Gasteiger partial charge in [-0.3, -0.25) is 0 Å². The Morgan fingerprint density at radius 1 is 1.50 bits per heavy atom. The molecule has 1 N–H and O–H groups in total. The number of likely N-dealkylation sites (tertiary alicyclic amines) is 1. The Bertz CT molecular complexity index is 189. The van der Waals surface area contributed by atoms with E-state index in [1.54, 1.807) is 0 Å². The van der Waals surface area contributed by atoms with Crippen LogP contribution in [-0.4, -0.2) is 37.6 Å². The molecule has 0 aliphatic carbocycles. The van der Waals surface area contributed by atoms with Crippen molar-refractivity contribution in [2.24, 2.45) is 11.8 Å². The molecule has 0 amide bonds. The maximum atomic E-state index is 3.79. The molecule has 1 aliphatic heterocycles. The van der Waals surface area contributed by atoms with E-state index in [0.717, 1.165) is 24.8 Å². The highest BCUT2D eigenvalue weighted by Gasteiger charge is 2.18. The van der Waals surface area contributed by atoms with E-state index in [0.29, 0.717) is 0 Å². The van der Waals surface area contributed by atoms with E-state index in [1.165, 1.54) is 39.0 Å². The van der Waals surface area contributed by atoms with Gasteiger partial charge in [0.15, 0.2) is 0 Å². The fourth-order valence-corrected chi connectivity index (χ4v) is 2.37. The highest BCUT2D eigenvalue weighted by atomic mass is 15.1. The third-order valence-electron chi connectivity index (χ3n) is 3.24. The molecular formula is C14H28N2. The number of nitrogens with one attached hydrogen (secondary N) is 1. The van der Waals surface area contributed by atoms with Gasteiger partial charge in [0.2, 0.25) is 0 Å². The summed E-state index contributed by atoms with van der Waals surface area (Å²) >= 11 is 0. The third kappa shape index (κ3) is 5.66. The molecule has 0 radical (unpaired) electrons. The second kappa shape index (κ2) is 7.86. The monoisotopic (exact) mass is 224 g/mol. The number of rotatable bonds is 7. The summed E-state index contributed by atoms with van der Waals surface area (Å²) in [6.45, 7) is 14.4. The van der Waals surface area contributed by atoms with Crippen LogP contribution in [0.4, 0.5) is 0 Å². The lowest BCUT2D eigenvalue weighted by molar-refractivity contribution is 0.174. The van der Waals surface area contributed by atoms with E-state index in [-0.39, 0.29) is 0 Å². The quantitative estimate of drug-likeness (QED) is 0.669. The van der Waals surface area contributed by atoms with E-state index in [9.17, 15) is 0 Å². The van der Waals surface area contributed by atoms with Crippen molar-refractivity contribution in [1.29, 1.82) is 0 Å². The molecule has 1 aliphatic rings. The first kappa shape index (κ1) is 13.7. The lowest BCUT2D eigenvalue weighted by Crippen LogP contribution is -2.40. The fourth-order valence-electron chi connectivity index (χ4n) is 2.37. The lowest BCUT2D eigenvalue weighted by Gasteiger charge is -2.32. The summed E-state index contributed by atoms with van der Waals surface area (Å²) in [7, 11) is 0. The first-order chi connectivity index (χ1) is 7.72. The number of nitrogens with zero attached hydrogens (tertiary/aromatic N) is 1. The second-order valence-corrected chi connectivity index (χ2v) is 5.44. The van der Waals surface area contributed by atoms with Crippen LogP contribution < -0.4 is 5.32 Å². The topological polar surface area (TPSA) is 15.3 Å². The van der Waals surface area contributed by atoms with Crippen molar-refractivity contribution in [1.82, 2.24) is 10.2 Å². The van der Waals surface area contributed by atoms with Crippen LogP contribution >= 0.6 is 0 Å². The Morgan fingerprint density at radius 3 is 3.00 bits per heavy atom. The van der Waals surface area contributed by atoms with Crippen molar-refractivity contribution >= 4 is 0 Å². The minimum Gasteiger partial charge on any atom is -0.316 e. The predicted octanol–water partition coefficient (Wildman–Crippen LogP) is 2.52. The summed E-state index contributed by atoms with van der Waals surface area (Å²) in [4.78, 5) is 2.59. The summed E-state index contributed by atoms with van der Waals surface area (Å²) < 4.78 is 0. The van der Waals surface area contributed by atoms with Crippen molar-refractivity contribution in [3.63, 3.8) is 0 Å². The molecule has 16 heavy (non-hydrogen) atoms. The van der Waals surface area contributed by atoms with E-state index in [2.05, 4.69) is 30.6 Å². The zero-order chi connectivity index (χ0) is 11.8. The highest BCUT2D eigenvalue weighted by Crippen LogP contribution is 2.15. The first-order valence-corrected chi connectivity index (χ1v) is 6.76. The van der Waals surface area contributed by atoms with Gasteiger partial charge in [0.05, 0.1) is 0 Å². The molecule has 1 rings (SSSR count). The van der Waals surface area contributed by atoms with Crippen LogP contribution in [0.5, 0.6) is 0 Å². The summed E-state index contributed by atoms with van der Waals surface area (Å²) in [5.41, 5.74) is 0. The zero-order valence-corrected chi connectivity index (χ0v) is 11.0. The molecule has 0 aromatic rings. The van der Waals surface area contributed by atoms with Gasteiger partial charge in [-0.15, -0.1) is 6.58 Å². The number of hydrogen-bond donors (Lipinski definition) is 1. The van der Waals surface area contributed by atoms with Gasteiger partial charge in [-0.2, -0.15) is 0 Å². The van der Waals surface area contributed by atoms with Crippen molar-refractivity contribution in [3.05, 3.63) is 12.7 Å². The SMILES string of the molecule is C=CCCN1CCCC(CNCC(C)C)C1. The first-order valence-electron chi connectivity index (χ1n) is 6.76. The second-order valence-electron chi connectivity index (χ2n) is 5.44. The van der Waals surface area contributed by atoms with E-state index < -0.39 is 0 Å². The molecule has 0 aromatic heterocycles. The Morgan fingerprint density at radius 2 is 2.31 bits per heavy atom. The largest absolute Gasteiger partial charge is 0.316 e. The molecule has 2 heteroatoms. The summed E-state index contributed by atoms with van der Waals surface area (Å²) in [5.74, 6) is 1.62. The minimum absolute atomic E-state index is 0.764.